The van der Waals surface area contributed by atoms with Gasteiger partial charge in [-0.05, 0) is 62.2 Å². The Kier molecular flexibility index (Phi) is 9.38. The summed E-state index contributed by atoms with van der Waals surface area (Å²) in [4.78, 5) is 31.0. The molecule has 0 saturated carbocycles. The Morgan fingerprint density at radius 3 is 2.51 bits per heavy atom. The predicted molar refractivity (Wildman–Crippen MR) is 171 cm³/mol. The van der Waals surface area contributed by atoms with E-state index in [1.807, 2.05) is 73.1 Å². The number of carbonyl (C=O) groups is 2. The highest BCUT2D eigenvalue weighted by Crippen LogP contribution is 2.31. The standard InChI is InChI=1S/C33H38ClN7O4/c1-7-8-16-26-35-28(34)27(30(42)44-31(20(2)3)45-32(43)33(4,5)6)41(26)19-21-12-11-15-24-22(21)17-18-40(24)25-14-10-9-13-23(25)29-36-38-39-37-29/h9-15,17-18,20,31H,7-8,16,19H2,1-6H3,(H,36,37,38,39). The van der Waals surface area contributed by atoms with Gasteiger partial charge in [-0.1, -0.05) is 63.1 Å². The smallest absolute Gasteiger partial charge is 0.361 e. The molecular weight excluding hydrogens is 594 g/mol. The first-order valence-corrected chi connectivity index (χ1v) is 15.5. The molecule has 0 aliphatic rings. The lowest BCUT2D eigenvalue weighted by molar-refractivity contribution is -0.184. The number of para-hydroxylation sites is 1. The number of hydrogen-bond donors (Lipinski definition) is 1. The van der Waals surface area contributed by atoms with Crippen molar-refractivity contribution in [3.8, 4) is 17.1 Å². The molecule has 0 spiro atoms. The van der Waals surface area contributed by atoms with Crippen molar-refractivity contribution in [2.75, 3.05) is 0 Å². The molecule has 0 radical (unpaired) electrons. The number of aromatic nitrogens is 7. The number of nitrogens with one attached hydrogen (secondary N) is 1. The molecule has 236 valence electrons. The van der Waals surface area contributed by atoms with E-state index in [1.54, 1.807) is 20.8 Å². The van der Waals surface area contributed by atoms with Crippen molar-refractivity contribution in [1.29, 1.82) is 0 Å². The van der Waals surface area contributed by atoms with Crippen LogP contribution in [-0.4, -0.2) is 53.0 Å². The zero-order chi connectivity index (χ0) is 32.3. The summed E-state index contributed by atoms with van der Waals surface area (Å²) in [6.07, 6.45) is 3.36. The van der Waals surface area contributed by atoms with Crippen LogP contribution in [0.1, 0.15) is 76.3 Å². The Bertz CT molecular complexity index is 1800. The van der Waals surface area contributed by atoms with Gasteiger partial charge >= 0.3 is 11.9 Å². The first kappa shape index (κ1) is 31.9. The Morgan fingerprint density at radius 1 is 1.04 bits per heavy atom. The summed E-state index contributed by atoms with van der Waals surface area (Å²) >= 11 is 6.64. The molecule has 11 nitrogen and oxygen atoms in total. The summed E-state index contributed by atoms with van der Waals surface area (Å²) in [6.45, 7) is 11.3. The van der Waals surface area contributed by atoms with E-state index in [2.05, 4.69) is 37.1 Å². The average molecular weight is 632 g/mol. The molecule has 5 rings (SSSR count). The van der Waals surface area contributed by atoms with E-state index in [0.717, 1.165) is 40.6 Å². The van der Waals surface area contributed by atoms with E-state index in [4.69, 9.17) is 21.1 Å². The molecule has 12 heteroatoms. The number of H-pyrrole nitrogens is 1. The Morgan fingerprint density at radius 2 is 1.82 bits per heavy atom. The van der Waals surface area contributed by atoms with Crippen molar-refractivity contribution in [3.05, 3.63) is 77.0 Å². The molecule has 3 heterocycles. The number of fused-ring (bicyclic) bond motifs is 1. The monoisotopic (exact) mass is 631 g/mol. The number of esters is 2. The summed E-state index contributed by atoms with van der Waals surface area (Å²) in [5.74, 6) is -0.267. The number of aryl methyl sites for hydroxylation is 1. The van der Waals surface area contributed by atoms with Crippen molar-refractivity contribution < 1.29 is 19.1 Å². The number of benzene rings is 2. The van der Waals surface area contributed by atoms with Crippen molar-refractivity contribution in [1.82, 2.24) is 34.7 Å². The van der Waals surface area contributed by atoms with Crippen LogP contribution in [0, 0.1) is 11.3 Å². The number of ether oxygens (including phenoxy) is 2. The molecule has 0 aliphatic carbocycles. The molecule has 1 unspecified atom stereocenters. The SMILES string of the molecule is CCCCc1nc(Cl)c(C(=O)OC(OC(=O)C(C)(C)C)C(C)C)n1Cc1cccc2c1ccn2-c1ccccc1-c1nn[nH]n1. The number of tetrazole rings is 1. The lowest BCUT2D eigenvalue weighted by Gasteiger charge is -2.25. The molecule has 2 aromatic carbocycles. The van der Waals surface area contributed by atoms with Gasteiger partial charge in [0, 0.05) is 29.5 Å². The van der Waals surface area contributed by atoms with Crippen LogP contribution in [0.5, 0.6) is 0 Å². The molecule has 0 saturated heterocycles. The number of imidazole rings is 1. The third-order valence-electron chi connectivity index (χ3n) is 7.46. The molecule has 0 aliphatic heterocycles. The summed E-state index contributed by atoms with van der Waals surface area (Å²) < 4.78 is 15.3. The van der Waals surface area contributed by atoms with Gasteiger partial charge in [-0.3, -0.25) is 4.79 Å². The Balaban J connectivity index is 1.53. The van der Waals surface area contributed by atoms with Crippen molar-refractivity contribution >= 4 is 34.4 Å². The zero-order valence-corrected chi connectivity index (χ0v) is 27.1. The van der Waals surface area contributed by atoms with Crippen LogP contribution >= 0.6 is 11.6 Å². The molecule has 45 heavy (non-hydrogen) atoms. The number of rotatable bonds is 11. The average Bonchev–Trinajstić information content (AvgIpc) is 3.75. The van der Waals surface area contributed by atoms with E-state index >= 15 is 0 Å². The van der Waals surface area contributed by atoms with Crippen LogP contribution in [0.3, 0.4) is 0 Å². The number of carbonyl (C=O) groups excluding carboxylic acids is 2. The second-order valence-electron chi connectivity index (χ2n) is 12.3. The van der Waals surface area contributed by atoms with Crippen molar-refractivity contribution in [2.45, 2.75) is 73.6 Å². The largest absolute Gasteiger partial charge is 0.424 e. The van der Waals surface area contributed by atoms with Gasteiger partial charge in [-0.25, -0.2) is 9.78 Å². The summed E-state index contributed by atoms with van der Waals surface area (Å²) in [5, 5.41) is 15.6. The van der Waals surface area contributed by atoms with E-state index in [1.165, 1.54) is 0 Å². The molecule has 0 fully saturated rings. The normalized spacial score (nSPS) is 12.5. The van der Waals surface area contributed by atoms with Gasteiger partial charge in [0.1, 0.15) is 5.82 Å². The fraction of sp³-hybridized carbons (Fsp3) is 0.394. The molecule has 0 bridgehead atoms. The minimum Gasteiger partial charge on any atom is -0.424 e. The maximum atomic E-state index is 13.7. The first-order valence-electron chi connectivity index (χ1n) is 15.1. The van der Waals surface area contributed by atoms with E-state index in [9.17, 15) is 9.59 Å². The van der Waals surface area contributed by atoms with Crippen LogP contribution < -0.4 is 0 Å². The summed E-state index contributed by atoms with van der Waals surface area (Å²) in [5.41, 5.74) is 3.02. The van der Waals surface area contributed by atoms with E-state index in [0.29, 0.717) is 24.6 Å². The number of unbranched alkanes of at least 4 members (excludes halogenated alkanes) is 1. The topological polar surface area (TPSA) is 130 Å². The first-order chi connectivity index (χ1) is 21.5. The van der Waals surface area contributed by atoms with Gasteiger partial charge in [0.05, 0.1) is 23.2 Å². The minimum atomic E-state index is -1.08. The van der Waals surface area contributed by atoms with Crippen molar-refractivity contribution in [2.24, 2.45) is 11.3 Å². The predicted octanol–water partition coefficient (Wildman–Crippen LogP) is 6.78. The highest BCUT2D eigenvalue weighted by molar-refractivity contribution is 6.32. The highest BCUT2D eigenvalue weighted by Gasteiger charge is 2.32. The maximum absolute atomic E-state index is 13.7. The second kappa shape index (κ2) is 13.2. The van der Waals surface area contributed by atoms with Gasteiger partial charge in [0.2, 0.25) is 12.1 Å². The van der Waals surface area contributed by atoms with Crippen LogP contribution in [-0.2, 0) is 27.2 Å². The molecule has 1 N–H and O–H groups in total. The fourth-order valence-electron chi connectivity index (χ4n) is 5.00. The maximum Gasteiger partial charge on any atom is 0.361 e. The zero-order valence-electron chi connectivity index (χ0n) is 26.4. The highest BCUT2D eigenvalue weighted by atomic mass is 35.5. The third-order valence-corrected chi connectivity index (χ3v) is 7.72. The molecular formula is C33H38ClN7O4. The Hall–Kier alpha value is -4.51. The fourth-order valence-corrected chi connectivity index (χ4v) is 5.27. The quantitative estimate of drug-likeness (QED) is 0.125. The number of halogens is 1. The Labute approximate surface area is 266 Å². The lowest BCUT2D eigenvalue weighted by atomic mass is 9.97. The number of aromatic amines is 1. The number of nitrogens with zero attached hydrogens (tertiary/aromatic N) is 6. The van der Waals surface area contributed by atoms with Crippen LogP contribution in [0.2, 0.25) is 5.15 Å². The number of hydrogen-bond acceptors (Lipinski definition) is 8. The molecule has 5 aromatic rings. The van der Waals surface area contributed by atoms with Gasteiger partial charge in [0.25, 0.3) is 0 Å². The van der Waals surface area contributed by atoms with Crippen LogP contribution in [0.25, 0.3) is 28.0 Å². The third kappa shape index (κ3) is 6.78. The molecule has 3 aromatic heterocycles. The van der Waals surface area contributed by atoms with Crippen LogP contribution in [0.4, 0.5) is 0 Å². The summed E-state index contributed by atoms with van der Waals surface area (Å²) in [7, 11) is 0. The van der Waals surface area contributed by atoms with Gasteiger partial charge in [-0.2, -0.15) is 5.21 Å². The molecule has 1 atom stereocenters. The molecule has 0 amide bonds. The van der Waals surface area contributed by atoms with E-state index < -0.39 is 23.6 Å². The minimum absolute atomic E-state index is 0.0505. The lowest BCUT2D eigenvalue weighted by Crippen LogP contribution is -2.34. The van der Waals surface area contributed by atoms with Gasteiger partial charge in [-0.15, -0.1) is 10.2 Å². The van der Waals surface area contributed by atoms with Gasteiger partial charge in [0.15, 0.2) is 10.8 Å². The summed E-state index contributed by atoms with van der Waals surface area (Å²) in [6, 6.07) is 15.9. The van der Waals surface area contributed by atoms with Gasteiger partial charge < -0.3 is 18.6 Å². The van der Waals surface area contributed by atoms with Crippen molar-refractivity contribution in [3.63, 3.8) is 0 Å². The second-order valence-corrected chi connectivity index (χ2v) is 12.7. The van der Waals surface area contributed by atoms with E-state index in [-0.39, 0.29) is 16.8 Å². The van der Waals surface area contributed by atoms with Crippen LogP contribution in [0.15, 0.2) is 54.7 Å².